The minimum atomic E-state index is -4.45. The zero-order valence-corrected chi connectivity index (χ0v) is 16.2. The molecule has 29 heavy (non-hydrogen) atoms. The maximum atomic E-state index is 12.7. The van der Waals surface area contributed by atoms with Crippen molar-refractivity contribution < 1.29 is 27.3 Å². The molecule has 0 aliphatic rings. The zero-order chi connectivity index (χ0) is 21.4. The van der Waals surface area contributed by atoms with E-state index in [4.69, 9.17) is 4.52 Å². The number of urea groups is 1. The number of benzene rings is 1. The Balaban J connectivity index is 2.01. The van der Waals surface area contributed by atoms with E-state index in [1.165, 1.54) is 17.0 Å². The Morgan fingerprint density at radius 2 is 1.83 bits per heavy atom. The summed E-state index contributed by atoms with van der Waals surface area (Å²) in [5.41, 5.74) is -0.603. The molecule has 158 valence electrons. The van der Waals surface area contributed by atoms with Gasteiger partial charge in [-0.25, -0.2) is 4.79 Å². The number of nitrogens with zero attached hydrogens (tertiary/aromatic N) is 2. The first kappa shape index (κ1) is 22.3. The van der Waals surface area contributed by atoms with E-state index in [2.05, 4.69) is 15.8 Å². The van der Waals surface area contributed by atoms with Crippen LogP contribution in [0.1, 0.15) is 37.5 Å². The normalized spacial score (nSPS) is 11.2. The number of halogens is 3. The summed E-state index contributed by atoms with van der Waals surface area (Å²) in [7, 11) is 0. The molecule has 0 saturated carbocycles. The van der Waals surface area contributed by atoms with Gasteiger partial charge in [0, 0.05) is 18.3 Å². The number of carbonyl (C=O) groups excluding carboxylic acids is 2. The number of nitrogens with one attached hydrogen (secondary N) is 2. The maximum Gasteiger partial charge on any atom is 0.416 e. The van der Waals surface area contributed by atoms with Crippen molar-refractivity contribution in [3.05, 3.63) is 41.7 Å². The van der Waals surface area contributed by atoms with Gasteiger partial charge in [-0.3, -0.25) is 4.79 Å². The second-order valence-electron chi connectivity index (χ2n) is 6.50. The predicted molar refractivity (Wildman–Crippen MR) is 101 cm³/mol. The fourth-order valence-corrected chi connectivity index (χ4v) is 2.53. The molecule has 1 aromatic carbocycles. The third-order valence-electron chi connectivity index (χ3n) is 4.01. The zero-order valence-electron chi connectivity index (χ0n) is 16.2. The summed E-state index contributed by atoms with van der Waals surface area (Å²) in [6.07, 6.45) is -1.97. The highest BCUT2D eigenvalue weighted by Gasteiger charge is 2.30. The van der Waals surface area contributed by atoms with E-state index < -0.39 is 23.7 Å². The van der Waals surface area contributed by atoms with Crippen molar-refractivity contribution in [1.29, 1.82) is 0 Å². The highest BCUT2D eigenvalue weighted by molar-refractivity contribution is 5.96. The number of anilines is 2. The van der Waals surface area contributed by atoms with Crippen molar-refractivity contribution in [2.45, 2.75) is 39.3 Å². The van der Waals surface area contributed by atoms with Crippen LogP contribution in [0.25, 0.3) is 0 Å². The van der Waals surface area contributed by atoms with Gasteiger partial charge in [-0.2, -0.15) is 13.2 Å². The van der Waals surface area contributed by atoms with Crippen molar-refractivity contribution in [1.82, 2.24) is 10.1 Å². The van der Waals surface area contributed by atoms with Gasteiger partial charge in [0.05, 0.1) is 5.56 Å². The van der Waals surface area contributed by atoms with Crippen molar-refractivity contribution in [3.63, 3.8) is 0 Å². The molecule has 1 heterocycles. The van der Waals surface area contributed by atoms with Crippen LogP contribution in [-0.4, -0.2) is 35.1 Å². The van der Waals surface area contributed by atoms with Crippen LogP contribution in [0.2, 0.25) is 0 Å². The lowest BCUT2D eigenvalue weighted by Gasteiger charge is -2.22. The van der Waals surface area contributed by atoms with E-state index in [0.29, 0.717) is 18.7 Å². The van der Waals surface area contributed by atoms with Gasteiger partial charge in [0.2, 0.25) is 5.91 Å². The van der Waals surface area contributed by atoms with E-state index in [-0.39, 0.29) is 18.1 Å². The van der Waals surface area contributed by atoms with Crippen LogP contribution >= 0.6 is 0 Å². The summed E-state index contributed by atoms with van der Waals surface area (Å²) in [6, 6.07) is 5.08. The summed E-state index contributed by atoms with van der Waals surface area (Å²) in [5, 5.41) is 8.72. The van der Waals surface area contributed by atoms with E-state index >= 15 is 0 Å². The van der Waals surface area contributed by atoms with Crippen LogP contribution in [0, 0.1) is 6.92 Å². The summed E-state index contributed by atoms with van der Waals surface area (Å²) < 4.78 is 42.8. The molecule has 2 aromatic rings. The SMILES string of the molecule is CCCCCN(CC(=O)Nc1cc(C)on1)C(=O)Nc1ccc(C(F)(F)F)cc1. The molecular weight excluding hydrogens is 389 g/mol. The van der Waals surface area contributed by atoms with Crippen molar-refractivity contribution >= 4 is 23.4 Å². The molecule has 0 fully saturated rings. The predicted octanol–water partition coefficient (Wildman–Crippen LogP) is 4.66. The molecule has 0 bridgehead atoms. The number of hydrogen-bond donors (Lipinski definition) is 2. The highest BCUT2D eigenvalue weighted by atomic mass is 19.4. The number of alkyl halides is 3. The number of hydrogen-bond acceptors (Lipinski definition) is 4. The van der Waals surface area contributed by atoms with E-state index in [9.17, 15) is 22.8 Å². The van der Waals surface area contributed by atoms with E-state index in [1.807, 2.05) is 6.92 Å². The smallest absolute Gasteiger partial charge is 0.360 e. The summed E-state index contributed by atoms with van der Waals surface area (Å²) in [6.45, 7) is 3.77. The standard InChI is InChI=1S/C19H23F3N4O3/c1-3-4-5-10-26(12-17(27)24-16-11-13(2)29-25-16)18(28)23-15-8-6-14(7-9-15)19(20,21)22/h6-9,11H,3-5,10,12H2,1-2H3,(H,23,28)(H,24,25,27). The van der Waals surface area contributed by atoms with Gasteiger partial charge in [0.1, 0.15) is 12.3 Å². The Labute approximate surface area is 166 Å². The van der Waals surface area contributed by atoms with Gasteiger partial charge in [-0.1, -0.05) is 24.9 Å². The van der Waals surface area contributed by atoms with Crippen molar-refractivity contribution in [3.8, 4) is 0 Å². The van der Waals surface area contributed by atoms with Gasteiger partial charge in [-0.15, -0.1) is 0 Å². The summed E-state index contributed by atoms with van der Waals surface area (Å²) in [4.78, 5) is 26.1. The van der Waals surface area contributed by atoms with Gasteiger partial charge >= 0.3 is 12.2 Å². The van der Waals surface area contributed by atoms with Crippen molar-refractivity contribution in [2.24, 2.45) is 0 Å². The minimum absolute atomic E-state index is 0.205. The third-order valence-corrected chi connectivity index (χ3v) is 4.01. The van der Waals surface area contributed by atoms with Crippen molar-refractivity contribution in [2.75, 3.05) is 23.7 Å². The number of rotatable bonds is 8. The van der Waals surface area contributed by atoms with E-state index in [0.717, 1.165) is 25.0 Å². The molecule has 0 saturated heterocycles. The molecule has 0 atom stereocenters. The third kappa shape index (κ3) is 7.13. The Hall–Kier alpha value is -3.04. The molecular formula is C19H23F3N4O3. The van der Waals surface area contributed by atoms with Crippen LogP contribution in [0.4, 0.5) is 29.5 Å². The first-order valence-corrected chi connectivity index (χ1v) is 9.15. The molecule has 0 aliphatic heterocycles. The topological polar surface area (TPSA) is 87.5 Å². The van der Waals surface area contributed by atoms with Crippen LogP contribution in [0.15, 0.2) is 34.9 Å². The Kier molecular flexibility index (Phi) is 7.63. The number of carbonyl (C=O) groups is 2. The summed E-state index contributed by atoms with van der Waals surface area (Å²) >= 11 is 0. The van der Waals surface area contributed by atoms with Crippen LogP contribution in [0.3, 0.4) is 0 Å². The average molecular weight is 412 g/mol. The lowest BCUT2D eigenvalue weighted by atomic mass is 10.2. The average Bonchev–Trinajstić information content (AvgIpc) is 3.05. The van der Waals surface area contributed by atoms with Gasteiger partial charge < -0.3 is 20.1 Å². The number of aryl methyl sites for hydroxylation is 1. The lowest BCUT2D eigenvalue weighted by molar-refractivity contribution is -0.137. The number of unbranched alkanes of at least 4 members (excludes halogenated alkanes) is 2. The maximum absolute atomic E-state index is 12.7. The number of aromatic nitrogens is 1. The minimum Gasteiger partial charge on any atom is -0.360 e. The van der Waals surface area contributed by atoms with Crippen LogP contribution < -0.4 is 10.6 Å². The first-order chi connectivity index (χ1) is 13.7. The van der Waals surface area contributed by atoms with Gasteiger partial charge in [-0.05, 0) is 37.6 Å². The summed E-state index contributed by atoms with van der Waals surface area (Å²) in [5.74, 6) is 0.307. The molecule has 0 aliphatic carbocycles. The molecule has 0 unspecified atom stereocenters. The van der Waals surface area contributed by atoms with Crippen LogP contribution in [0.5, 0.6) is 0 Å². The molecule has 0 spiro atoms. The highest BCUT2D eigenvalue weighted by Crippen LogP contribution is 2.29. The molecule has 10 heteroatoms. The molecule has 1 aromatic heterocycles. The molecule has 2 N–H and O–H groups in total. The Morgan fingerprint density at radius 3 is 2.38 bits per heavy atom. The fraction of sp³-hybridized carbons (Fsp3) is 0.421. The fourth-order valence-electron chi connectivity index (χ4n) is 2.53. The molecule has 3 amide bonds. The Morgan fingerprint density at radius 1 is 1.14 bits per heavy atom. The second kappa shape index (κ2) is 9.94. The molecule has 7 nitrogen and oxygen atoms in total. The molecule has 0 radical (unpaired) electrons. The monoisotopic (exact) mass is 412 g/mol. The van der Waals surface area contributed by atoms with Gasteiger partial charge in [0.25, 0.3) is 0 Å². The largest absolute Gasteiger partial charge is 0.416 e. The molecule has 2 rings (SSSR count). The lowest BCUT2D eigenvalue weighted by Crippen LogP contribution is -2.41. The van der Waals surface area contributed by atoms with Crippen LogP contribution in [-0.2, 0) is 11.0 Å². The Bertz CT molecular complexity index is 819. The van der Waals surface area contributed by atoms with E-state index in [1.54, 1.807) is 13.0 Å². The second-order valence-corrected chi connectivity index (χ2v) is 6.50. The van der Waals surface area contributed by atoms with Gasteiger partial charge in [0.15, 0.2) is 5.82 Å². The first-order valence-electron chi connectivity index (χ1n) is 9.15. The number of amides is 3. The quantitative estimate of drug-likeness (QED) is 0.617.